The van der Waals surface area contributed by atoms with Gasteiger partial charge in [0.05, 0.1) is 45.8 Å². The number of carbonyl (C=O) groups is 4. The van der Waals surface area contributed by atoms with E-state index in [4.69, 9.17) is 0 Å². The molecule has 2 aliphatic rings. The molecule has 0 fully saturated rings. The number of anilines is 2. The molecule has 260 valence electrons. The molecule has 0 N–H and O–H groups in total. The average Bonchev–Trinajstić information content (AvgIpc) is 3.20. The predicted molar refractivity (Wildman–Crippen MR) is 210 cm³/mol. The van der Waals surface area contributed by atoms with Gasteiger partial charge in [-0.05, 0) is 100 Å². The highest BCUT2D eigenvalue weighted by Gasteiger charge is 2.39. The standard InChI is InChI=1S/C46H32N4O4/c1-5-23(3)25-7-11-29(12-8-25)49-43(51)33-17-15-31-37-27(21-47)19-35-41-36(46(54)50(45(35)53)30-13-9-26(10-14-30)24(4)6-2)20-28(22-48)38(42(37)41)32-16-18-34(44(49)52)40(33)39(31)32/h7-20,23-24H,5-6H2,1-4H3. The third-order valence-corrected chi connectivity index (χ3v) is 11.7. The molecular formula is C46H32N4O4. The van der Waals surface area contributed by atoms with Gasteiger partial charge in [0.1, 0.15) is 0 Å². The van der Waals surface area contributed by atoms with Gasteiger partial charge in [0.25, 0.3) is 23.6 Å². The van der Waals surface area contributed by atoms with Crippen LogP contribution >= 0.6 is 0 Å². The van der Waals surface area contributed by atoms with Gasteiger partial charge in [-0.2, -0.15) is 10.5 Å². The van der Waals surface area contributed by atoms with Crippen LogP contribution in [0.25, 0.3) is 43.1 Å². The van der Waals surface area contributed by atoms with Gasteiger partial charge in [-0.25, -0.2) is 9.80 Å². The summed E-state index contributed by atoms with van der Waals surface area (Å²) in [6.07, 6.45) is 1.89. The number of nitrogens with zero attached hydrogens (tertiary/aromatic N) is 4. The molecule has 9 rings (SSSR count). The molecular weight excluding hydrogens is 673 g/mol. The van der Waals surface area contributed by atoms with Crippen molar-refractivity contribution >= 4 is 78.1 Å². The fraction of sp³-hybridized carbons (Fsp3) is 0.174. The van der Waals surface area contributed by atoms with Gasteiger partial charge >= 0.3 is 0 Å². The van der Waals surface area contributed by atoms with Gasteiger partial charge < -0.3 is 0 Å². The molecule has 2 heterocycles. The Morgan fingerprint density at radius 3 is 1.22 bits per heavy atom. The maximum atomic E-state index is 14.4. The van der Waals surface area contributed by atoms with E-state index in [9.17, 15) is 29.7 Å². The lowest BCUT2D eigenvalue weighted by atomic mass is 9.79. The van der Waals surface area contributed by atoms with E-state index < -0.39 is 23.6 Å². The highest BCUT2D eigenvalue weighted by molar-refractivity contribution is 6.46. The van der Waals surface area contributed by atoms with Crippen molar-refractivity contribution in [2.24, 2.45) is 0 Å². The van der Waals surface area contributed by atoms with Crippen molar-refractivity contribution in [3.8, 4) is 12.1 Å². The maximum Gasteiger partial charge on any atom is 0.266 e. The number of rotatable bonds is 6. The van der Waals surface area contributed by atoms with Gasteiger partial charge in [-0.3, -0.25) is 19.2 Å². The molecule has 54 heavy (non-hydrogen) atoms. The SMILES string of the molecule is CCC(C)c1ccc(N2C(=O)c3ccc4c5c(C#N)cc6c7c(cc(C#N)c(c8ccc(c3c48)C2=O)c75)C(=O)N(c2ccc(C(C)CC)cc2)C6=O)cc1. The molecule has 0 saturated heterocycles. The van der Waals surface area contributed by atoms with Gasteiger partial charge in [-0.1, -0.05) is 64.1 Å². The zero-order valence-corrected chi connectivity index (χ0v) is 30.1. The molecule has 7 aromatic rings. The molecule has 0 saturated carbocycles. The molecule has 0 spiro atoms. The normalized spacial score (nSPS) is 15.1. The molecule has 0 bridgehead atoms. The number of amides is 4. The van der Waals surface area contributed by atoms with E-state index >= 15 is 0 Å². The van der Waals surface area contributed by atoms with Gasteiger partial charge in [0.15, 0.2) is 0 Å². The minimum atomic E-state index is -0.563. The van der Waals surface area contributed by atoms with E-state index in [1.54, 1.807) is 48.5 Å². The second-order valence-corrected chi connectivity index (χ2v) is 14.4. The molecule has 7 aromatic carbocycles. The Hall–Kier alpha value is -6.90. The van der Waals surface area contributed by atoms with Gasteiger partial charge in [-0.15, -0.1) is 0 Å². The summed E-state index contributed by atoms with van der Waals surface area (Å²) in [5.41, 5.74) is 4.43. The zero-order valence-electron chi connectivity index (χ0n) is 30.1. The second kappa shape index (κ2) is 11.8. The van der Waals surface area contributed by atoms with Crippen LogP contribution in [-0.4, -0.2) is 23.6 Å². The minimum absolute atomic E-state index is 0.178. The Balaban J connectivity index is 1.29. The first-order chi connectivity index (χ1) is 26.1. The number of nitriles is 2. The lowest BCUT2D eigenvalue weighted by molar-refractivity contribution is 0.0877. The van der Waals surface area contributed by atoms with Crippen molar-refractivity contribution < 1.29 is 19.2 Å². The molecule has 0 aromatic heterocycles. The molecule has 2 atom stereocenters. The van der Waals surface area contributed by atoms with Crippen molar-refractivity contribution in [1.29, 1.82) is 10.5 Å². The number of hydrogen-bond acceptors (Lipinski definition) is 6. The van der Waals surface area contributed by atoms with Crippen LogP contribution in [0.4, 0.5) is 11.4 Å². The Kier molecular flexibility index (Phi) is 7.21. The Labute approximate surface area is 310 Å². The summed E-state index contributed by atoms with van der Waals surface area (Å²) in [7, 11) is 0. The van der Waals surface area contributed by atoms with Crippen LogP contribution in [0, 0.1) is 22.7 Å². The van der Waals surface area contributed by atoms with Crippen LogP contribution in [0.2, 0.25) is 0 Å². The van der Waals surface area contributed by atoms with Crippen LogP contribution in [0.5, 0.6) is 0 Å². The molecule has 0 aliphatic carbocycles. The number of benzene rings is 7. The zero-order chi connectivity index (χ0) is 37.7. The van der Waals surface area contributed by atoms with E-state index in [1.807, 2.05) is 24.3 Å². The van der Waals surface area contributed by atoms with E-state index in [0.29, 0.717) is 77.4 Å². The first-order valence-corrected chi connectivity index (χ1v) is 18.2. The summed E-state index contributed by atoms with van der Waals surface area (Å²) >= 11 is 0. The number of hydrogen-bond donors (Lipinski definition) is 0. The fourth-order valence-corrected chi connectivity index (χ4v) is 8.49. The summed E-state index contributed by atoms with van der Waals surface area (Å²) in [4.78, 5) is 59.5. The molecule has 2 unspecified atom stereocenters. The van der Waals surface area contributed by atoms with Crippen molar-refractivity contribution in [2.45, 2.75) is 52.4 Å². The van der Waals surface area contributed by atoms with Crippen molar-refractivity contribution in [1.82, 2.24) is 0 Å². The minimum Gasteiger partial charge on any atom is -0.268 e. The van der Waals surface area contributed by atoms with Crippen LogP contribution in [0.1, 0.15) is 116 Å². The lowest BCUT2D eigenvalue weighted by Gasteiger charge is -2.31. The first-order valence-electron chi connectivity index (χ1n) is 18.2. The topological polar surface area (TPSA) is 122 Å². The molecule has 8 heteroatoms. The molecule has 2 aliphatic heterocycles. The number of carbonyl (C=O) groups excluding carboxylic acids is 4. The molecule has 4 amide bonds. The van der Waals surface area contributed by atoms with E-state index in [-0.39, 0.29) is 22.3 Å². The summed E-state index contributed by atoms with van der Waals surface area (Å²) in [5.74, 6) is -1.44. The predicted octanol–water partition coefficient (Wildman–Crippen LogP) is 10.1. The van der Waals surface area contributed by atoms with Crippen molar-refractivity contribution in [3.63, 3.8) is 0 Å². The summed E-state index contributed by atoms with van der Waals surface area (Å²) in [6, 6.07) is 29.3. The summed E-state index contributed by atoms with van der Waals surface area (Å²) in [5, 5.41) is 25.2. The lowest BCUT2D eigenvalue weighted by Crippen LogP contribution is -2.40. The Morgan fingerprint density at radius 2 is 0.852 bits per heavy atom. The molecule has 0 radical (unpaired) electrons. The van der Waals surface area contributed by atoms with E-state index in [0.717, 1.165) is 28.9 Å². The Morgan fingerprint density at radius 1 is 0.481 bits per heavy atom. The van der Waals surface area contributed by atoms with Crippen molar-refractivity contribution in [3.05, 3.63) is 129 Å². The van der Waals surface area contributed by atoms with E-state index in [1.165, 1.54) is 17.0 Å². The van der Waals surface area contributed by atoms with Crippen molar-refractivity contribution in [2.75, 3.05) is 9.80 Å². The smallest absolute Gasteiger partial charge is 0.266 e. The number of imide groups is 2. The van der Waals surface area contributed by atoms with Crippen LogP contribution < -0.4 is 9.80 Å². The Bertz CT molecular complexity index is 2790. The monoisotopic (exact) mass is 704 g/mol. The van der Waals surface area contributed by atoms with Crippen LogP contribution in [0.15, 0.2) is 84.9 Å². The summed E-state index contributed by atoms with van der Waals surface area (Å²) < 4.78 is 0. The fourth-order valence-electron chi connectivity index (χ4n) is 8.49. The molecule has 8 nitrogen and oxygen atoms in total. The van der Waals surface area contributed by atoms with Crippen LogP contribution in [0.3, 0.4) is 0 Å². The van der Waals surface area contributed by atoms with Crippen LogP contribution in [-0.2, 0) is 0 Å². The van der Waals surface area contributed by atoms with Gasteiger partial charge in [0, 0.05) is 38.1 Å². The highest BCUT2D eigenvalue weighted by Crippen LogP contribution is 2.49. The van der Waals surface area contributed by atoms with E-state index in [2.05, 4.69) is 39.8 Å². The third-order valence-electron chi connectivity index (χ3n) is 11.7. The largest absolute Gasteiger partial charge is 0.268 e. The van der Waals surface area contributed by atoms with Gasteiger partial charge in [0.2, 0.25) is 0 Å². The highest BCUT2D eigenvalue weighted by atomic mass is 16.2. The summed E-state index contributed by atoms with van der Waals surface area (Å²) in [6.45, 7) is 8.44. The third kappa shape index (κ3) is 4.28. The quantitative estimate of drug-likeness (QED) is 0.0965. The number of fused-ring (bicyclic) bond motifs is 2. The average molecular weight is 705 g/mol. The second-order valence-electron chi connectivity index (χ2n) is 14.4. The maximum absolute atomic E-state index is 14.4. The first kappa shape index (κ1) is 33.0.